The number of nitrogens with zero attached hydrogens (tertiary/aromatic N) is 1. The van der Waals surface area contributed by atoms with Crippen LogP contribution in [0.2, 0.25) is 0 Å². The number of hydrogen-bond acceptors (Lipinski definition) is 4. The molecule has 1 aliphatic rings. The van der Waals surface area contributed by atoms with E-state index in [0.29, 0.717) is 13.2 Å². The summed E-state index contributed by atoms with van der Waals surface area (Å²) in [6.45, 7) is 2.10. The lowest BCUT2D eigenvalue weighted by Gasteiger charge is -2.18. The van der Waals surface area contributed by atoms with Crippen LogP contribution in [0.25, 0.3) is 0 Å². The Morgan fingerprint density at radius 1 is 1.05 bits per heavy atom. The van der Waals surface area contributed by atoms with Gasteiger partial charge >= 0.3 is 0 Å². The van der Waals surface area contributed by atoms with Gasteiger partial charge in [-0.15, -0.1) is 0 Å². The highest BCUT2D eigenvalue weighted by molar-refractivity contribution is 5.44. The number of anilines is 1. The van der Waals surface area contributed by atoms with E-state index in [4.69, 9.17) is 9.47 Å². The summed E-state index contributed by atoms with van der Waals surface area (Å²) in [7, 11) is 0. The standard InChI is InChI=1S/C15H16N2O2/c1-2-7-16-15(3-1)17-8-6-12-4-5-13-14(11-12)19-10-9-18-13/h1-5,7,11H,6,8-10H2,(H,16,17). The smallest absolute Gasteiger partial charge is 0.161 e. The zero-order valence-corrected chi connectivity index (χ0v) is 10.6. The van der Waals surface area contributed by atoms with Crippen molar-refractivity contribution in [3.8, 4) is 11.5 Å². The molecule has 0 saturated heterocycles. The largest absolute Gasteiger partial charge is 0.486 e. The van der Waals surface area contributed by atoms with Crippen molar-refractivity contribution in [1.82, 2.24) is 4.98 Å². The van der Waals surface area contributed by atoms with Gasteiger partial charge in [-0.2, -0.15) is 0 Å². The molecule has 0 atom stereocenters. The van der Waals surface area contributed by atoms with Crippen LogP contribution in [0, 0.1) is 0 Å². The lowest BCUT2D eigenvalue weighted by molar-refractivity contribution is 0.171. The van der Waals surface area contributed by atoms with E-state index in [-0.39, 0.29) is 0 Å². The number of benzene rings is 1. The van der Waals surface area contributed by atoms with E-state index in [2.05, 4.69) is 22.4 Å². The van der Waals surface area contributed by atoms with Crippen LogP contribution in [0.4, 0.5) is 5.82 Å². The lowest BCUT2D eigenvalue weighted by atomic mass is 10.1. The number of pyridine rings is 1. The Morgan fingerprint density at radius 2 is 1.95 bits per heavy atom. The zero-order valence-electron chi connectivity index (χ0n) is 10.6. The summed E-state index contributed by atoms with van der Waals surface area (Å²) in [4.78, 5) is 4.22. The SMILES string of the molecule is c1ccc(NCCc2ccc3c(c2)OCCO3)nc1. The van der Waals surface area contributed by atoms with Crippen LogP contribution in [-0.2, 0) is 6.42 Å². The molecule has 0 amide bonds. The minimum absolute atomic E-state index is 0.628. The third-order valence-electron chi connectivity index (χ3n) is 2.99. The molecule has 0 aliphatic carbocycles. The first kappa shape index (κ1) is 11.8. The minimum Gasteiger partial charge on any atom is -0.486 e. The normalized spacial score (nSPS) is 13.1. The number of hydrogen-bond donors (Lipinski definition) is 1. The quantitative estimate of drug-likeness (QED) is 0.912. The van der Waals surface area contributed by atoms with Crippen LogP contribution in [-0.4, -0.2) is 24.7 Å². The molecule has 0 saturated carbocycles. The maximum atomic E-state index is 5.57. The summed E-state index contributed by atoms with van der Waals surface area (Å²) in [6, 6.07) is 11.9. The number of aromatic nitrogens is 1. The Labute approximate surface area is 112 Å². The fraction of sp³-hybridized carbons (Fsp3) is 0.267. The molecule has 98 valence electrons. The highest BCUT2D eigenvalue weighted by Gasteiger charge is 2.11. The Bertz CT molecular complexity index is 543. The van der Waals surface area contributed by atoms with Crippen molar-refractivity contribution in [2.75, 3.05) is 25.1 Å². The summed E-state index contributed by atoms with van der Waals surface area (Å²) < 4.78 is 11.1. The first-order valence-electron chi connectivity index (χ1n) is 6.45. The summed E-state index contributed by atoms with van der Waals surface area (Å²) in [5, 5.41) is 3.29. The van der Waals surface area contributed by atoms with Crippen molar-refractivity contribution in [3.63, 3.8) is 0 Å². The second-order valence-corrected chi connectivity index (χ2v) is 4.37. The molecule has 0 bridgehead atoms. The highest BCUT2D eigenvalue weighted by Crippen LogP contribution is 2.30. The fourth-order valence-electron chi connectivity index (χ4n) is 2.05. The molecule has 1 aromatic heterocycles. The predicted molar refractivity (Wildman–Crippen MR) is 73.9 cm³/mol. The van der Waals surface area contributed by atoms with Crippen LogP contribution in [0.3, 0.4) is 0 Å². The van der Waals surface area contributed by atoms with Crippen LogP contribution in [0.15, 0.2) is 42.6 Å². The summed E-state index contributed by atoms with van der Waals surface area (Å²) in [6.07, 6.45) is 2.71. The van der Waals surface area contributed by atoms with Crippen LogP contribution >= 0.6 is 0 Å². The first-order valence-corrected chi connectivity index (χ1v) is 6.45. The number of ether oxygens (including phenoxy) is 2. The van der Waals surface area contributed by atoms with E-state index in [0.717, 1.165) is 30.3 Å². The van der Waals surface area contributed by atoms with Crippen LogP contribution in [0.1, 0.15) is 5.56 Å². The molecule has 4 nitrogen and oxygen atoms in total. The van der Waals surface area contributed by atoms with E-state index in [1.54, 1.807) is 6.20 Å². The zero-order chi connectivity index (χ0) is 12.9. The van der Waals surface area contributed by atoms with Crippen molar-refractivity contribution < 1.29 is 9.47 Å². The van der Waals surface area contributed by atoms with Crippen LogP contribution in [0.5, 0.6) is 11.5 Å². The Balaban J connectivity index is 1.58. The molecular formula is C15H16N2O2. The monoisotopic (exact) mass is 256 g/mol. The maximum Gasteiger partial charge on any atom is 0.161 e. The Kier molecular flexibility index (Phi) is 3.49. The molecular weight excluding hydrogens is 240 g/mol. The maximum absolute atomic E-state index is 5.57. The molecule has 1 N–H and O–H groups in total. The average Bonchev–Trinajstić information content (AvgIpc) is 2.48. The van der Waals surface area contributed by atoms with E-state index < -0.39 is 0 Å². The van der Waals surface area contributed by atoms with Crippen molar-refractivity contribution in [3.05, 3.63) is 48.2 Å². The van der Waals surface area contributed by atoms with Gasteiger partial charge in [0.2, 0.25) is 0 Å². The third-order valence-corrected chi connectivity index (χ3v) is 2.99. The Morgan fingerprint density at radius 3 is 2.79 bits per heavy atom. The van der Waals surface area contributed by atoms with E-state index in [1.165, 1.54) is 5.56 Å². The van der Waals surface area contributed by atoms with Gasteiger partial charge in [0.1, 0.15) is 19.0 Å². The predicted octanol–water partition coefficient (Wildman–Crippen LogP) is 2.51. The fourth-order valence-corrected chi connectivity index (χ4v) is 2.05. The van der Waals surface area contributed by atoms with Crippen LogP contribution < -0.4 is 14.8 Å². The summed E-state index contributed by atoms with van der Waals surface area (Å²) in [5.41, 5.74) is 1.23. The van der Waals surface area contributed by atoms with Crippen molar-refractivity contribution in [2.24, 2.45) is 0 Å². The average molecular weight is 256 g/mol. The number of fused-ring (bicyclic) bond motifs is 1. The van der Waals surface area contributed by atoms with Crippen molar-refractivity contribution in [1.29, 1.82) is 0 Å². The van der Waals surface area contributed by atoms with E-state index >= 15 is 0 Å². The van der Waals surface area contributed by atoms with Gasteiger partial charge in [0.15, 0.2) is 11.5 Å². The van der Waals surface area contributed by atoms with Gasteiger partial charge in [-0.25, -0.2) is 4.98 Å². The molecule has 0 fully saturated rings. The van der Waals surface area contributed by atoms with Gasteiger partial charge in [-0.1, -0.05) is 12.1 Å². The number of rotatable bonds is 4. The van der Waals surface area contributed by atoms with Crippen molar-refractivity contribution >= 4 is 5.82 Å². The minimum atomic E-state index is 0.628. The lowest BCUT2D eigenvalue weighted by Crippen LogP contribution is -2.15. The van der Waals surface area contributed by atoms with Gasteiger partial charge in [0.05, 0.1) is 0 Å². The van der Waals surface area contributed by atoms with E-state index in [9.17, 15) is 0 Å². The molecule has 1 aromatic carbocycles. The first-order chi connectivity index (χ1) is 9.42. The van der Waals surface area contributed by atoms with E-state index in [1.807, 2.05) is 24.3 Å². The summed E-state index contributed by atoms with van der Waals surface area (Å²) >= 11 is 0. The van der Waals surface area contributed by atoms with Gasteiger partial charge in [0.25, 0.3) is 0 Å². The molecule has 0 spiro atoms. The topological polar surface area (TPSA) is 43.4 Å². The molecule has 4 heteroatoms. The second-order valence-electron chi connectivity index (χ2n) is 4.37. The molecule has 19 heavy (non-hydrogen) atoms. The highest BCUT2D eigenvalue weighted by atomic mass is 16.6. The second kappa shape index (κ2) is 5.61. The molecule has 0 radical (unpaired) electrons. The third kappa shape index (κ3) is 2.96. The molecule has 1 aliphatic heterocycles. The number of nitrogens with one attached hydrogen (secondary N) is 1. The van der Waals surface area contributed by atoms with Gasteiger partial charge < -0.3 is 14.8 Å². The van der Waals surface area contributed by atoms with Crippen molar-refractivity contribution in [2.45, 2.75) is 6.42 Å². The van der Waals surface area contributed by atoms with Gasteiger partial charge in [0, 0.05) is 12.7 Å². The molecule has 3 rings (SSSR count). The van der Waals surface area contributed by atoms with Gasteiger partial charge in [-0.3, -0.25) is 0 Å². The molecule has 2 aromatic rings. The van der Waals surface area contributed by atoms with Gasteiger partial charge in [-0.05, 0) is 36.2 Å². The summed E-state index contributed by atoms with van der Waals surface area (Å²) in [5.74, 6) is 2.59. The Hall–Kier alpha value is -2.23. The molecule has 2 heterocycles. The molecule has 0 unspecified atom stereocenters.